The highest BCUT2D eigenvalue weighted by Crippen LogP contribution is 2.39. The van der Waals surface area contributed by atoms with E-state index >= 15 is 0 Å². The zero-order valence-electron chi connectivity index (χ0n) is 10.7. The number of hydrogen-bond donors (Lipinski definition) is 1. The maximum atomic E-state index is 13.0. The number of fused-ring (bicyclic) bond motifs is 1. The van der Waals surface area contributed by atoms with Gasteiger partial charge in [0.1, 0.15) is 5.82 Å². The lowest BCUT2D eigenvalue weighted by molar-refractivity contribution is 0.172. The Morgan fingerprint density at radius 2 is 2.10 bits per heavy atom. The highest BCUT2D eigenvalue weighted by molar-refractivity contribution is 8.00. The van der Waals surface area contributed by atoms with Crippen LogP contribution in [0.25, 0.3) is 0 Å². The molecule has 0 aromatic heterocycles. The van der Waals surface area contributed by atoms with E-state index in [0.717, 1.165) is 12.0 Å². The second-order valence-corrected chi connectivity index (χ2v) is 6.66. The summed E-state index contributed by atoms with van der Waals surface area (Å²) >= 11 is 7.72. The topological polar surface area (TPSA) is 20.2 Å². The molecule has 1 heterocycles. The molecular formula is C16H14ClFOS. The molecule has 2 aromatic rings. The van der Waals surface area contributed by atoms with Crippen LogP contribution in [-0.2, 0) is 12.8 Å². The Bertz CT molecular complexity index is 607. The molecule has 0 spiro atoms. The van der Waals surface area contributed by atoms with Gasteiger partial charge >= 0.3 is 0 Å². The van der Waals surface area contributed by atoms with Gasteiger partial charge in [0.15, 0.2) is 0 Å². The van der Waals surface area contributed by atoms with Crippen molar-refractivity contribution in [3.8, 4) is 0 Å². The Morgan fingerprint density at radius 1 is 1.30 bits per heavy atom. The molecule has 0 radical (unpaired) electrons. The molecule has 1 aliphatic heterocycles. The van der Waals surface area contributed by atoms with Gasteiger partial charge in [0, 0.05) is 21.6 Å². The third-order valence-corrected chi connectivity index (χ3v) is 5.33. The standard InChI is InChI=1S/C16H14ClFOS/c17-13-9-12(18)6-5-10(13)7-14(19)16-8-11-3-1-2-4-15(11)20-16/h1-6,9,14,16,19H,7-8H2. The quantitative estimate of drug-likeness (QED) is 0.921. The molecule has 0 saturated heterocycles. The van der Waals surface area contributed by atoms with Crippen LogP contribution in [0, 0.1) is 5.82 Å². The lowest BCUT2D eigenvalue weighted by Gasteiger charge is -2.17. The molecule has 2 aromatic carbocycles. The van der Waals surface area contributed by atoms with E-state index in [1.54, 1.807) is 17.8 Å². The smallest absolute Gasteiger partial charge is 0.124 e. The summed E-state index contributed by atoms with van der Waals surface area (Å²) in [5.74, 6) is -0.351. The van der Waals surface area contributed by atoms with E-state index in [0.29, 0.717) is 11.4 Å². The first kappa shape index (κ1) is 13.9. The molecule has 0 bridgehead atoms. The maximum Gasteiger partial charge on any atom is 0.124 e. The number of halogens is 2. The molecule has 0 aliphatic carbocycles. The first-order valence-electron chi connectivity index (χ1n) is 6.50. The van der Waals surface area contributed by atoms with Crippen LogP contribution in [-0.4, -0.2) is 16.5 Å². The number of aliphatic hydroxyl groups is 1. The molecule has 1 aliphatic rings. The third kappa shape index (κ3) is 2.85. The van der Waals surface area contributed by atoms with Crippen LogP contribution in [0.15, 0.2) is 47.4 Å². The number of benzene rings is 2. The lowest BCUT2D eigenvalue weighted by atomic mass is 10.0. The maximum absolute atomic E-state index is 13.0. The summed E-state index contributed by atoms with van der Waals surface area (Å²) in [5.41, 5.74) is 2.07. The minimum Gasteiger partial charge on any atom is -0.392 e. The summed E-state index contributed by atoms with van der Waals surface area (Å²) in [4.78, 5) is 1.24. The van der Waals surface area contributed by atoms with Crippen molar-refractivity contribution in [2.45, 2.75) is 29.1 Å². The number of hydrogen-bond acceptors (Lipinski definition) is 2. The Hall–Kier alpha value is -1.03. The molecule has 3 rings (SSSR count). The molecular weight excluding hydrogens is 295 g/mol. The fourth-order valence-electron chi connectivity index (χ4n) is 2.47. The van der Waals surface area contributed by atoms with Crippen LogP contribution >= 0.6 is 23.4 Å². The molecule has 0 amide bonds. The van der Waals surface area contributed by atoms with Crippen molar-refractivity contribution in [2.24, 2.45) is 0 Å². The zero-order valence-corrected chi connectivity index (χ0v) is 12.3. The minimum atomic E-state index is -0.490. The molecule has 0 saturated carbocycles. The zero-order chi connectivity index (χ0) is 14.1. The van der Waals surface area contributed by atoms with Gasteiger partial charge in [-0.2, -0.15) is 0 Å². The summed E-state index contributed by atoms with van der Waals surface area (Å²) in [6, 6.07) is 12.5. The van der Waals surface area contributed by atoms with E-state index in [2.05, 4.69) is 12.1 Å². The van der Waals surface area contributed by atoms with Gasteiger partial charge in [-0.1, -0.05) is 35.9 Å². The monoisotopic (exact) mass is 308 g/mol. The van der Waals surface area contributed by atoms with Crippen LogP contribution in [0.1, 0.15) is 11.1 Å². The summed E-state index contributed by atoms with van der Waals surface area (Å²) in [6.45, 7) is 0. The van der Waals surface area contributed by atoms with Crippen molar-refractivity contribution in [3.05, 3.63) is 64.4 Å². The third-order valence-electron chi connectivity index (χ3n) is 3.55. The van der Waals surface area contributed by atoms with Gasteiger partial charge in [-0.3, -0.25) is 0 Å². The minimum absolute atomic E-state index is 0.133. The van der Waals surface area contributed by atoms with Gasteiger partial charge in [0.2, 0.25) is 0 Å². The van der Waals surface area contributed by atoms with Gasteiger partial charge in [0.25, 0.3) is 0 Å². The number of thioether (sulfide) groups is 1. The molecule has 1 nitrogen and oxygen atoms in total. The lowest BCUT2D eigenvalue weighted by Crippen LogP contribution is -2.25. The SMILES string of the molecule is OC(Cc1ccc(F)cc1Cl)C1Cc2ccccc2S1. The van der Waals surface area contributed by atoms with Gasteiger partial charge in [-0.15, -0.1) is 11.8 Å². The molecule has 2 atom stereocenters. The molecule has 4 heteroatoms. The largest absolute Gasteiger partial charge is 0.392 e. The summed E-state index contributed by atoms with van der Waals surface area (Å²) in [7, 11) is 0. The van der Waals surface area contributed by atoms with E-state index < -0.39 is 6.10 Å². The van der Waals surface area contributed by atoms with Crippen molar-refractivity contribution in [1.82, 2.24) is 0 Å². The Kier molecular flexibility index (Phi) is 4.01. The number of aliphatic hydroxyl groups excluding tert-OH is 1. The van der Waals surface area contributed by atoms with E-state index in [1.807, 2.05) is 12.1 Å². The fourth-order valence-corrected chi connectivity index (χ4v) is 4.01. The molecule has 2 unspecified atom stereocenters. The van der Waals surface area contributed by atoms with Crippen LogP contribution in [0.3, 0.4) is 0 Å². The van der Waals surface area contributed by atoms with Crippen LogP contribution in [0.5, 0.6) is 0 Å². The normalized spacial score (nSPS) is 18.9. The van der Waals surface area contributed by atoms with E-state index in [-0.39, 0.29) is 11.1 Å². The average Bonchev–Trinajstić information content (AvgIpc) is 2.86. The van der Waals surface area contributed by atoms with E-state index in [1.165, 1.54) is 22.6 Å². The first-order chi connectivity index (χ1) is 9.63. The van der Waals surface area contributed by atoms with Crippen LogP contribution in [0.4, 0.5) is 4.39 Å². The summed E-state index contributed by atoms with van der Waals surface area (Å²) < 4.78 is 13.0. The molecule has 104 valence electrons. The summed E-state index contributed by atoms with van der Waals surface area (Å²) in [5, 5.41) is 10.9. The average molecular weight is 309 g/mol. The van der Waals surface area contributed by atoms with Crippen molar-refractivity contribution in [2.75, 3.05) is 0 Å². The van der Waals surface area contributed by atoms with Crippen LogP contribution in [0.2, 0.25) is 5.02 Å². The molecule has 20 heavy (non-hydrogen) atoms. The van der Waals surface area contributed by atoms with Gasteiger partial charge in [-0.05, 0) is 35.7 Å². The van der Waals surface area contributed by atoms with E-state index in [9.17, 15) is 9.50 Å². The first-order valence-corrected chi connectivity index (χ1v) is 7.76. The van der Waals surface area contributed by atoms with Crippen molar-refractivity contribution < 1.29 is 9.50 Å². The van der Waals surface area contributed by atoms with E-state index in [4.69, 9.17) is 11.6 Å². The number of rotatable bonds is 3. The Labute approximate surface area is 126 Å². The highest BCUT2D eigenvalue weighted by atomic mass is 35.5. The Balaban J connectivity index is 1.70. The predicted molar refractivity (Wildman–Crippen MR) is 80.9 cm³/mol. The molecule has 0 fully saturated rings. The van der Waals surface area contributed by atoms with Gasteiger partial charge in [-0.25, -0.2) is 4.39 Å². The Morgan fingerprint density at radius 3 is 2.85 bits per heavy atom. The van der Waals surface area contributed by atoms with Gasteiger partial charge < -0.3 is 5.11 Å². The van der Waals surface area contributed by atoms with Crippen molar-refractivity contribution in [3.63, 3.8) is 0 Å². The van der Waals surface area contributed by atoms with Crippen molar-refractivity contribution in [1.29, 1.82) is 0 Å². The highest BCUT2D eigenvalue weighted by Gasteiger charge is 2.28. The molecule has 1 N–H and O–H groups in total. The van der Waals surface area contributed by atoms with Crippen molar-refractivity contribution >= 4 is 23.4 Å². The second-order valence-electron chi connectivity index (χ2n) is 4.98. The predicted octanol–water partition coefficient (Wildman–Crippen LogP) is 4.10. The summed E-state index contributed by atoms with van der Waals surface area (Å²) in [6.07, 6.45) is 0.821. The van der Waals surface area contributed by atoms with Gasteiger partial charge in [0.05, 0.1) is 6.10 Å². The fraction of sp³-hybridized carbons (Fsp3) is 0.250. The van der Waals surface area contributed by atoms with Crippen LogP contribution < -0.4 is 0 Å². The second kappa shape index (κ2) is 5.76.